The third-order valence-electron chi connectivity index (χ3n) is 18.1. The van der Waals surface area contributed by atoms with Crippen LogP contribution in [0.25, 0.3) is 0 Å². The van der Waals surface area contributed by atoms with E-state index in [1.54, 1.807) is 28.3 Å². The van der Waals surface area contributed by atoms with Crippen LogP contribution in [0.5, 0.6) is 0 Å². The molecule has 2 N–H and O–H groups in total. The molecule has 10 fully saturated rings. The highest BCUT2D eigenvalue weighted by atomic mass is 79.9. The molecule has 24 nitrogen and oxygen atoms in total. The molecule has 3 amide bonds. The number of amides is 3. The van der Waals surface area contributed by atoms with Gasteiger partial charge in [0.25, 0.3) is 17.7 Å². The van der Waals surface area contributed by atoms with E-state index in [1.807, 2.05) is 12.2 Å². The van der Waals surface area contributed by atoms with E-state index < -0.39 is 50.9 Å². The van der Waals surface area contributed by atoms with Crippen molar-refractivity contribution in [1.29, 1.82) is 0 Å². The summed E-state index contributed by atoms with van der Waals surface area (Å²) in [7, 11) is -8.99. The molecular formula is C58H85BrClN9O15S3. The molecular weight excluding hydrogens is 1270 g/mol. The predicted octanol–water partition coefficient (Wildman–Crippen LogP) is 4.11. The molecule has 87 heavy (non-hydrogen) atoms. The molecule has 8 aliphatic carbocycles. The largest absolute Gasteiger partial charge is 0.461 e. The Bertz CT molecular complexity index is 3190. The van der Waals surface area contributed by atoms with Crippen molar-refractivity contribution in [3.8, 4) is 0 Å². The van der Waals surface area contributed by atoms with Crippen LogP contribution in [0.4, 0.5) is 0 Å². The second-order valence-corrected chi connectivity index (χ2v) is 33.7. The molecule has 2 saturated heterocycles. The number of aromatic nitrogens is 2. The second kappa shape index (κ2) is 27.2. The molecule has 14 rings (SSSR count). The number of morpholine rings is 2. The van der Waals surface area contributed by atoms with Gasteiger partial charge >= 0.3 is 11.9 Å². The van der Waals surface area contributed by atoms with Crippen LogP contribution in [-0.2, 0) is 69.3 Å². The van der Waals surface area contributed by atoms with Crippen LogP contribution in [0.3, 0.4) is 0 Å². The molecule has 0 spiro atoms. The predicted molar refractivity (Wildman–Crippen MR) is 327 cm³/mol. The summed E-state index contributed by atoms with van der Waals surface area (Å²) in [5.74, 6) is -1.21. The average molecular weight is 1360 g/mol. The Labute approximate surface area is 524 Å². The lowest BCUT2D eigenvalue weighted by Gasteiger charge is -2.37. The number of esters is 2. The lowest BCUT2D eigenvalue weighted by Crippen LogP contribution is -2.49. The first-order valence-electron chi connectivity index (χ1n) is 31.3. The van der Waals surface area contributed by atoms with E-state index in [9.17, 15) is 49.2 Å². The van der Waals surface area contributed by atoms with Crippen LogP contribution in [-0.4, -0.2) is 229 Å². The van der Waals surface area contributed by atoms with E-state index in [-0.39, 0.29) is 68.3 Å². The Balaban J connectivity index is 0.000000127. The fourth-order valence-electron chi connectivity index (χ4n) is 11.6. The summed E-state index contributed by atoms with van der Waals surface area (Å²) in [6.45, 7) is 12.4. The molecule has 0 radical (unpaired) electrons. The van der Waals surface area contributed by atoms with E-state index in [0.717, 1.165) is 147 Å². The third-order valence-corrected chi connectivity index (χ3v) is 29.1. The number of nitrogens with zero attached hydrogens (tertiary/aromatic N) is 7. The van der Waals surface area contributed by atoms with Crippen molar-refractivity contribution in [2.75, 3.05) is 104 Å². The Morgan fingerprint density at radius 1 is 0.678 bits per heavy atom. The molecule has 8 saturated carbocycles. The van der Waals surface area contributed by atoms with Crippen molar-refractivity contribution >= 4 is 91.9 Å². The minimum absolute atomic E-state index is 0.00424. The topological polar surface area (TPSA) is 292 Å². The standard InChI is InChI=1S/C19H25N3O5S.C16H24N2O4S.C9H14N2O2.C7H11BrO2S.C7H11ClN2O2/c1-2-27-18(24)15-14-7-10-21(17(23)16(14)22(20-15)12-3-4-12)11-19(8-9-19)28(25,26)13-5-6-13;19-15-14(17-8-10-22-11-9-17)2-1-7-18(15)12-16(5-6-16)23(20,21)13-3-4-13;12-9-8(2-1-3-10-9)11-4-6-13-7-5-11;8-5-7(3-4-7)11(9,10)6-1-2-6;1-2-12-7(11)6(8)10-9-5-3-4-5/h12-13H,2-11H2,1H3;2,13H,1,3-12H2;2H,1,3-7H2,(H,10,12);6H,1-5H2;5,9H,2-4H2,1H3/b;;;;10-6-. The van der Waals surface area contributed by atoms with Crippen molar-refractivity contribution in [2.45, 2.75) is 178 Å². The Morgan fingerprint density at radius 2 is 1.17 bits per heavy atom. The molecule has 0 unspecified atom stereocenters. The highest BCUT2D eigenvalue weighted by Crippen LogP contribution is 2.53. The van der Waals surface area contributed by atoms with Gasteiger partial charge < -0.3 is 49.3 Å². The minimum Gasteiger partial charge on any atom is -0.461 e. The summed E-state index contributed by atoms with van der Waals surface area (Å²) >= 11 is 8.78. The molecule has 0 bridgehead atoms. The maximum Gasteiger partial charge on any atom is 0.370 e. The highest BCUT2D eigenvalue weighted by molar-refractivity contribution is 9.09. The molecule has 0 atom stereocenters. The maximum absolute atomic E-state index is 13.3. The molecule has 484 valence electrons. The van der Waals surface area contributed by atoms with Crippen LogP contribution in [0.15, 0.2) is 28.6 Å². The zero-order valence-corrected chi connectivity index (χ0v) is 54.8. The maximum atomic E-state index is 13.3. The average Bonchev–Trinajstić information content (AvgIpc) is 1.68. The van der Waals surface area contributed by atoms with Crippen molar-refractivity contribution in [3.05, 3.63) is 40.5 Å². The third kappa shape index (κ3) is 15.2. The molecule has 1 aromatic rings. The van der Waals surface area contributed by atoms with Crippen molar-refractivity contribution in [3.63, 3.8) is 0 Å². The number of sulfone groups is 3. The quantitative estimate of drug-likeness (QED) is 0.0803. The first-order valence-corrected chi connectivity index (χ1v) is 37.4. The van der Waals surface area contributed by atoms with Crippen LogP contribution < -0.4 is 10.7 Å². The van der Waals surface area contributed by atoms with Gasteiger partial charge in [0.15, 0.2) is 35.2 Å². The number of nitrogens with one attached hydrogen (secondary N) is 2. The number of hydrogen-bond acceptors (Lipinski definition) is 20. The molecule has 13 aliphatic rings. The van der Waals surface area contributed by atoms with Crippen LogP contribution in [0.2, 0.25) is 0 Å². The lowest BCUT2D eigenvalue weighted by molar-refractivity contribution is -0.134. The number of halogens is 2. The zero-order chi connectivity index (χ0) is 61.9. The Kier molecular flexibility index (Phi) is 20.5. The molecule has 5 aliphatic heterocycles. The Hall–Kier alpha value is -4.35. The summed E-state index contributed by atoms with van der Waals surface area (Å²) in [5.41, 5.74) is 5.66. The van der Waals surface area contributed by atoms with Crippen LogP contribution in [0.1, 0.15) is 162 Å². The van der Waals surface area contributed by atoms with E-state index in [4.69, 9.17) is 25.8 Å². The highest BCUT2D eigenvalue weighted by Gasteiger charge is 2.62. The number of fused-ring (bicyclic) bond motifs is 1. The number of hydrogen-bond donors (Lipinski definition) is 2. The fourth-order valence-corrected chi connectivity index (χ4v) is 20.4. The summed E-state index contributed by atoms with van der Waals surface area (Å²) in [5, 5.41) is 11.1. The molecule has 0 aromatic carbocycles. The van der Waals surface area contributed by atoms with Crippen molar-refractivity contribution < 1.29 is 68.2 Å². The lowest BCUT2D eigenvalue weighted by atomic mass is 10.0. The smallest absolute Gasteiger partial charge is 0.370 e. The van der Waals surface area contributed by atoms with Gasteiger partial charge in [-0.1, -0.05) is 39.7 Å². The fraction of sp³-hybridized carbons (Fsp3) is 0.776. The van der Waals surface area contributed by atoms with Gasteiger partial charge in [-0.15, -0.1) is 0 Å². The summed E-state index contributed by atoms with van der Waals surface area (Å²) in [4.78, 5) is 68.3. The van der Waals surface area contributed by atoms with Crippen LogP contribution >= 0.6 is 27.5 Å². The van der Waals surface area contributed by atoms with E-state index in [2.05, 4.69) is 51.4 Å². The van der Waals surface area contributed by atoms with E-state index in [1.165, 1.54) is 0 Å². The van der Waals surface area contributed by atoms with Gasteiger partial charge in [-0.05, 0) is 136 Å². The second-order valence-electron chi connectivity index (χ2n) is 24.9. The van der Waals surface area contributed by atoms with Crippen molar-refractivity contribution in [2.24, 2.45) is 5.10 Å². The Morgan fingerprint density at radius 3 is 1.63 bits per heavy atom. The zero-order valence-electron chi connectivity index (χ0n) is 50.0. The van der Waals surface area contributed by atoms with Gasteiger partial charge in [-0.3, -0.25) is 19.1 Å². The van der Waals surface area contributed by atoms with Gasteiger partial charge in [-0.25, -0.2) is 34.8 Å². The number of hydrazone groups is 1. The van der Waals surface area contributed by atoms with E-state index >= 15 is 0 Å². The number of alkyl halides is 1. The summed E-state index contributed by atoms with van der Waals surface area (Å²) in [6, 6.07) is 0.541. The first kappa shape index (κ1) is 65.6. The van der Waals surface area contributed by atoms with Crippen LogP contribution in [0, 0.1) is 0 Å². The van der Waals surface area contributed by atoms with Gasteiger partial charge in [0, 0.05) is 75.8 Å². The van der Waals surface area contributed by atoms with Gasteiger partial charge in [0.2, 0.25) is 5.17 Å². The van der Waals surface area contributed by atoms with Gasteiger partial charge in [-0.2, -0.15) is 10.2 Å². The normalized spacial score (nSPS) is 24.5. The SMILES string of the molecule is CCOC(=O)/C(Cl)=N/NC1CC1.CCOC(=O)c1nn(C2CC2)c2c1CCN(CC1(S(=O)(=O)C3CC3)CC1)C2=O.O=C1C(N2CCOCC2)=CCCN1CC1(S(=O)(=O)C2CC2)CC1.O=C1NCCC=C1N1CCOCC1.O=S(=O)(C1CC1)C1(CBr)CC1. The monoisotopic (exact) mass is 1360 g/mol. The minimum atomic E-state index is -3.17. The molecule has 6 heterocycles. The van der Waals surface area contributed by atoms with Gasteiger partial charge in [0.1, 0.15) is 5.69 Å². The summed E-state index contributed by atoms with van der Waals surface area (Å²) in [6.07, 6.45) is 19.7. The molecule has 1 aromatic heterocycles. The van der Waals surface area contributed by atoms with Gasteiger partial charge in [0.05, 0.1) is 87.1 Å². The molecule has 29 heteroatoms. The number of rotatable bonds is 20. The number of carbonyl (C=O) groups excluding carboxylic acids is 5. The number of ether oxygens (including phenoxy) is 4. The number of carbonyl (C=O) groups is 5. The first-order chi connectivity index (χ1) is 41.6. The van der Waals surface area contributed by atoms with E-state index in [0.29, 0.717) is 94.2 Å². The summed E-state index contributed by atoms with van der Waals surface area (Å²) < 4.78 is 94.6. The van der Waals surface area contributed by atoms with Crippen molar-refractivity contribution in [1.82, 2.24) is 40.1 Å².